The van der Waals surface area contributed by atoms with Gasteiger partial charge in [-0.1, -0.05) is 48.5 Å². The lowest BCUT2D eigenvalue weighted by molar-refractivity contribution is 0.324. The van der Waals surface area contributed by atoms with E-state index in [0.717, 1.165) is 27.0 Å². The van der Waals surface area contributed by atoms with Crippen molar-refractivity contribution in [2.75, 3.05) is 27.9 Å². The molecule has 0 radical (unpaired) electrons. The van der Waals surface area contributed by atoms with Gasteiger partial charge >= 0.3 is 0 Å². The van der Waals surface area contributed by atoms with Crippen LogP contribution >= 0.6 is 11.3 Å². The smallest absolute Gasteiger partial charge is 0.206 e. The normalized spacial score (nSPS) is 11.8. The van der Waals surface area contributed by atoms with E-state index in [1.54, 1.807) is 33.6 Å². The maximum absolute atomic E-state index is 5.61. The molecule has 0 saturated heterocycles. The third kappa shape index (κ3) is 4.40. The van der Waals surface area contributed by atoms with Crippen molar-refractivity contribution >= 4 is 28.3 Å². The average molecular weight is 460 g/mol. The Balaban J connectivity index is 1.89. The number of rotatable bonds is 8. The van der Waals surface area contributed by atoms with Crippen LogP contribution in [0.4, 0.5) is 0 Å². The Morgan fingerprint density at radius 3 is 2.48 bits per heavy atom. The molecule has 3 aromatic carbocycles. The Kier molecular flexibility index (Phi) is 6.90. The summed E-state index contributed by atoms with van der Waals surface area (Å²) in [4.78, 5) is 5.41. The molecule has 0 aliphatic rings. The molecule has 168 valence electrons. The molecular formula is C26H25N3O3S. The van der Waals surface area contributed by atoms with Crippen LogP contribution < -0.4 is 19.0 Å². The highest BCUT2D eigenvalue weighted by atomic mass is 32.1. The van der Waals surface area contributed by atoms with Crippen molar-refractivity contribution in [3.63, 3.8) is 0 Å². The number of benzene rings is 3. The van der Waals surface area contributed by atoms with E-state index in [4.69, 9.17) is 19.3 Å². The van der Waals surface area contributed by atoms with Gasteiger partial charge in [0, 0.05) is 16.5 Å². The molecule has 4 aromatic rings. The first kappa shape index (κ1) is 22.4. The highest BCUT2D eigenvalue weighted by Gasteiger charge is 2.15. The van der Waals surface area contributed by atoms with Crippen LogP contribution in [-0.4, -0.2) is 38.8 Å². The predicted octanol–water partition coefficient (Wildman–Crippen LogP) is 5.36. The van der Waals surface area contributed by atoms with E-state index in [9.17, 15) is 0 Å². The number of hydrogen-bond acceptors (Lipinski definition) is 6. The molecule has 0 N–H and O–H groups in total. The third-order valence-corrected chi connectivity index (χ3v) is 6.01. The number of fused-ring (bicyclic) bond motifs is 1. The van der Waals surface area contributed by atoms with Gasteiger partial charge in [0.25, 0.3) is 0 Å². The number of thiazole rings is 1. The predicted molar refractivity (Wildman–Crippen MR) is 135 cm³/mol. The van der Waals surface area contributed by atoms with Crippen molar-refractivity contribution in [3.05, 3.63) is 83.0 Å². The fraction of sp³-hybridized carbons (Fsp3) is 0.154. The fourth-order valence-corrected chi connectivity index (χ4v) is 4.48. The average Bonchev–Trinajstić information content (AvgIpc) is 3.27. The van der Waals surface area contributed by atoms with Gasteiger partial charge in [0.15, 0.2) is 11.5 Å². The summed E-state index contributed by atoms with van der Waals surface area (Å²) in [5.41, 5.74) is 2.79. The van der Waals surface area contributed by atoms with Crippen molar-refractivity contribution in [2.24, 2.45) is 10.1 Å². The molecular weight excluding hydrogens is 434 g/mol. The zero-order chi connectivity index (χ0) is 23.2. The molecule has 0 spiro atoms. The van der Waals surface area contributed by atoms with Gasteiger partial charge in [-0.3, -0.25) is 4.99 Å². The van der Waals surface area contributed by atoms with Crippen molar-refractivity contribution in [2.45, 2.75) is 0 Å². The Bertz CT molecular complexity index is 1380. The fourth-order valence-electron chi connectivity index (χ4n) is 3.64. The third-order valence-electron chi connectivity index (χ3n) is 5.15. The van der Waals surface area contributed by atoms with E-state index in [0.29, 0.717) is 23.8 Å². The van der Waals surface area contributed by atoms with Crippen molar-refractivity contribution in [3.8, 4) is 28.5 Å². The van der Waals surface area contributed by atoms with Crippen LogP contribution in [0.3, 0.4) is 0 Å². The van der Waals surface area contributed by atoms with E-state index < -0.39 is 0 Å². The molecule has 0 aliphatic carbocycles. The van der Waals surface area contributed by atoms with Crippen LogP contribution in [0.25, 0.3) is 22.0 Å². The molecule has 0 bridgehead atoms. The molecule has 0 unspecified atom stereocenters. The molecule has 6 nitrogen and oxygen atoms in total. The highest BCUT2D eigenvalue weighted by Crippen LogP contribution is 2.39. The van der Waals surface area contributed by atoms with Gasteiger partial charge in [0.2, 0.25) is 10.6 Å². The van der Waals surface area contributed by atoms with E-state index in [2.05, 4.69) is 47.3 Å². The van der Waals surface area contributed by atoms with Gasteiger partial charge in [-0.15, -0.1) is 17.9 Å². The minimum atomic E-state index is 0.505. The summed E-state index contributed by atoms with van der Waals surface area (Å²) < 4.78 is 18.4. The largest absolute Gasteiger partial charge is 0.493 e. The molecule has 0 aliphatic heterocycles. The maximum Gasteiger partial charge on any atom is 0.206 e. The van der Waals surface area contributed by atoms with E-state index in [1.807, 2.05) is 28.9 Å². The summed E-state index contributed by atoms with van der Waals surface area (Å²) >= 11 is 1.54. The second kappa shape index (κ2) is 10.2. The Labute approximate surface area is 196 Å². The second-order valence-electron chi connectivity index (χ2n) is 7.04. The zero-order valence-corrected chi connectivity index (χ0v) is 19.6. The lowest BCUT2D eigenvalue weighted by atomic mass is 10.0. The standard InChI is InChI=1S/C26H25N3O3S/c1-5-15-27-26-29(28-16-19-13-14-23(30-2)25(32-4)24(19)31-3)22(17-33-26)21-12-8-10-18-9-6-7-11-20(18)21/h5-14,16-17H,1,15H2,2-4H3. The van der Waals surface area contributed by atoms with Gasteiger partial charge in [-0.05, 0) is 22.9 Å². The number of hydrogen-bond donors (Lipinski definition) is 0. The number of methoxy groups -OCH3 is 3. The van der Waals surface area contributed by atoms with E-state index >= 15 is 0 Å². The summed E-state index contributed by atoms with van der Waals surface area (Å²) in [6.45, 7) is 4.29. The molecule has 4 rings (SSSR count). The molecule has 1 heterocycles. The lowest BCUT2D eigenvalue weighted by Gasteiger charge is -2.14. The maximum atomic E-state index is 5.61. The van der Waals surface area contributed by atoms with Crippen molar-refractivity contribution < 1.29 is 14.2 Å². The summed E-state index contributed by atoms with van der Waals surface area (Å²) in [5, 5.41) is 9.21. The minimum absolute atomic E-state index is 0.505. The van der Waals surface area contributed by atoms with Crippen molar-refractivity contribution in [1.82, 2.24) is 4.68 Å². The van der Waals surface area contributed by atoms with Crippen LogP contribution in [0, 0.1) is 0 Å². The SMILES string of the molecule is C=CCN=c1scc(-c2cccc3ccccc23)n1N=Cc1ccc(OC)c(OC)c1OC. The Morgan fingerprint density at radius 2 is 1.73 bits per heavy atom. The quantitative estimate of drug-likeness (QED) is 0.263. The Hall–Kier alpha value is -3.84. The topological polar surface area (TPSA) is 57.3 Å². The van der Waals surface area contributed by atoms with Crippen LogP contribution in [0.15, 0.2) is 82.7 Å². The second-order valence-corrected chi connectivity index (χ2v) is 7.88. The van der Waals surface area contributed by atoms with Gasteiger partial charge in [0.05, 0.1) is 39.8 Å². The first-order valence-corrected chi connectivity index (χ1v) is 11.2. The zero-order valence-electron chi connectivity index (χ0n) is 18.8. The van der Waals surface area contributed by atoms with Gasteiger partial charge in [-0.25, -0.2) is 4.68 Å². The van der Waals surface area contributed by atoms with Crippen LogP contribution in [-0.2, 0) is 0 Å². The monoisotopic (exact) mass is 459 g/mol. The number of ether oxygens (including phenoxy) is 3. The summed E-state index contributed by atoms with van der Waals surface area (Å²) in [5.74, 6) is 1.66. The first-order chi connectivity index (χ1) is 16.2. The Morgan fingerprint density at radius 1 is 0.939 bits per heavy atom. The first-order valence-electron chi connectivity index (χ1n) is 10.3. The molecule has 33 heavy (non-hydrogen) atoms. The summed E-state index contributed by atoms with van der Waals surface area (Å²) in [6, 6.07) is 18.3. The van der Waals surface area contributed by atoms with Gasteiger partial charge in [-0.2, -0.15) is 5.10 Å². The molecule has 0 amide bonds. The van der Waals surface area contributed by atoms with Crippen LogP contribution in [0.1, 0.15) is 5.56 Å². The molecule has 0 saturated carbocycles. The molecule has 7 heteroatoms. The number of aromatic nitrogens is 1. The molecule has 0 fully saturated rings. The number of nitrogens with zero attached hydrogens (tertiary/aromatic N) is 3. The molecule has 1 aromatic heterocycles. The van der Waals surface area contributed by atoms with Crippen molar-refractivity contribution in [1.29, 1.82) is 0 Å². The van der Waals surface area contributed by atoms with E-state index in [-0.39, 0.29) is 0 Å². The summed E-state index contributed by atoms with van der Waals surface area (Å²) in [7, 11) is 4.77. The minimum Gasteiger partial charge on any atom is -0.493 e. The highest BCUT2D eigenvalue weighted by molar-refractivity contribution is 7.07. The lowest BCUT2D eigenvalue weighted by Crippen LogP contribution is -2.12. The molecule has 0 atom stereocenters. The van der Waals surface area contributed by atoms with Gasteiger partial charge < -0.3 is 14.2 Å². The van der Waals surface area contributed by atoms with Gasteiger partial charge in [0.1, 0.15) is 0 Å². The van der Waals surface area contributed by atoms with Crippen LogP contribution in [0.2, 0.25) is 0 Å². The summed E-state index contributed by atoms with van der Waals surface area (Å²) in [6.07, 6.45) is 3.51. The van der Waals surface area contributed by atoms with Crippen LogP contribution in [0.5, 0.6) is 17.2 Å². The van der Waals surface area contributed by atoms with E-state index in [1.165, 1.54) is 16.7 Å².